The molecular weight excluding hydrogens is 248 g/mol. The SMILES string of the molecule is C[C@]12CCc3c(ccc4c3C=CC(=O)C4)[C@@H]1CC[C@H]2O. The predicted molar refractivity (Wildman–Crippen MR) is 78.6 cm³/mol. The molecule has 20 heavy (non-hydrogen) atoms. The zero-order valence-electron chi connectivity index (χ0n) is 11.9. The first-order valence-corrected chi connectivity index (χ1v) is 7.63. The van der Waals surface area contributed by atoms with Gasteiger partial charge in [-0.1, -0.05) is 25.1 Å². The van der Waals surface area contributed by atoms with E-state index in [9.17, 15) is 9.90 Å². The van der Waals surface area contributed by atoms with Crippen molar-refractivity contribution in [3.63, 3.8) is 0 Å². The molecule has 0 radical (unpaired) electrons. The van der Waals surface area contributed by atoms with Crippen molar-refractivity contribution in [1.82, 2.24) is 0 Å². The molecule has 0 heterocycles. The molecule has 0 saturated heterocycles. The zero-order chi connectivity index (χ0) is 13.9. The molecule has 4 rings (SSSR count). The van der Waals surface area contributed by atoms with Gasteiger partial charge >= 0.3 is 0 Å². The van der Waals surface area contributed by atoms with E-state index in [2.05, 4.69) is 19.1 Å². The van der Waals surface area contributed by atoms with Crippen LogP contribution < -0.4 is 0 Å². The molecular formula is C18H20O2. The summed E-state index contributed by atoms with van der Waals surface area (Å²) in [6.07, 6.45) is 8.22. The number of ketones is 1. The smallest absolute Gasteiger partial charge is 0.160 e. The van der Waals surface area contributed by atoms with Crippen LogP contribution in [0.4, 0.5) is 0 Å². The van der Waals surface area contributed by atoms with Gasteiger partial charge in [-0.2, -0.15) is 0 Å². The summed E-state index contributed by atoms with van der Waals surface area (Å²) in [5.41, 5.74) is 5.37. The van der Waals surface area contributed by atoms with E-state index in [4.69, 9.17) is 0 Å². The van der Waals surface area contributed by atoms with E-state index in [1.807, 2.05) is 6.08 Å². The van der Waals surface area contributed by atoms with Gasteiger partial charge in [0.1, 0.15) is 0 Å². The Morgan fingerprint density at radius 2 is 2.10 bits per heavy atom. The fourth-order valence-corrected chi connectivity index (χ4v) is 4.58. The van der Waals surface area contributed by atoms with Crippen molar-refractivity contribution in [3.8, 4) is 0 Å². The topological polar surface area (TPSA) is 37.3 Å². The second-order valence-corrected chi connectivity index (χ2v) is 6.83. The number of rotatable bonds is 0. The van der Waals surface area contributed by atoms with Crippen LogP contribution in [0.3, 0.4) is 0 Å². The lowest BCUT2D eigenvalue weighted by molar-refractivity contribution is -0.114. The van der Waals surface area contributed by atoms with E-state index in [0.717, 1.165) is 25.7 Å². The first-order chi connectivity index (χ1) is 9.59. The number of hydrogen-bond acceptors (Lipinski definition) is 2. The standard InChI is InChI=1S/C18H20O2/c1-18-9-8-14-13-5-3-12(19)10-11(13)2-4-15(14)16(18)6-7-17(18)20/h2-5,16-17,20H,6-10H2,1H3/t16-,17+,18-/m0/s1. The van der Waals surface area contributed by atoms with E-state index >= 15 is 0 Å². The average Bonchev–Trinajstić information content (AvgIpc) is 2.74. The summed E-state index contributed by atoms with van der Waals surface area (Å²) >= 11 is 0. The molecule has 1 saturated carbocycles. The lowest BCUT2D eigenvalue weighted by Crippen LogP contribution is -2.35. The van der Waals surface area contributed by atoms with E-state index in [1.165, 1.54) is 22.3 Å². The molecule has 2 heteroatoms. The average molecular weight is 268 g/mol. The minimum Gasteiger partial charge on any atom is -0.393 e. The van der Waals surface area contributed by atoms with E-state index in [1.54, 1.807) is 6.08 Å². The van der Waals surface area contributed by atoms with Gasteiger partial charge in [0.2, 0.25) is 0 Å². The van der Waals surface area contributed by atoms with Gasteiger partial charge in [-0.15, -0.1) is 0 Å². The second-order valence-electron chi connectivity index (χ2n) is 6.83. The third-order valence-electron chi connectivity index (χ3n) is 5.86. The molecule has 0 amide bonds. The van der Waals surface area contributed by atoms with Crippen LogP contribution in [0.1, 0.15) is 54.4 Å². The van der Waals surface area contributed by atoms with Crippen molar-refractivity contribution >= 4 is 11.9 Å². The van der Waals surface area contributed by atoms with Gasteiger partial charge in [-0.3, -0.25) is 4.79 Å². The van der Waals surface area contributed by atoms with Gasteiger partial charge in [0.05, 0.1) is 6.10 Å². The summed E-state index contributed by atoms with van der Waals surface area (Å²) in [7, 11) is 0. The van der Waals surface area contributed by atoms with Crippen LogP contribution in [-0.2, 0) is 17.6 Å². The summed E-state index contributed by atoms with van der Waals surface area (Å²) in [5, 5.41) is 10.3. The Morgan fingerprint density at radius 3 is 2.95 bits per heavy atom. The van der Waals surface area contributed by atoms with Crippen LogP contribution in [0.25, 0.3) is 6.08 Å². The maximum absolute atomic E-state index is 11.6. The number of aliphatic hydroxyl groups is 1. The summed E-state index contributed by atoms with van der Waals surface area (Å²) in [6, 6.07) is 4.35. The molecule has 3 atom stereocenters. The quantitative estimate of drug-likeness (QED) is 0.785. The van der Waals surface area contributed by atoms with Crippen molar-refractivity contribution in [2.75, 3.05) is 0 Å². The Balaban J connectivity index is 1.86. The van der Waals surface area contributed by atoms with E-state index in [0.29, 0.717) is 12.3 Å². The maximum atomic E-state index is 11.6. The molecule has 0 bridgehead atoms. The van der Waals surface area contributed by atoms with Crippen molar-refractivity contribution in [2.24, 2.45) is 5.41 Å². The van der Waals surface area contributed by atoms with Crippen LogP contribution in [0.5, 0.6) is 0 Å². The van der Waals surface area contributed by atoms with Crippen molar-refractivity contribution < 1.29 is 9.90 Å². The number of carbonyl (C=O) groups excluding carboxylic acids is 1. The molecule has 1 fully saturated rings. The molecule has 1 N–H and O–H groups in total. The molecule has 0 unspecified atom stereocenters. The number of fused-ring (bicyclic) bond motifs is 5. The highest BCUT2D eigenvalue weighted by Gasteiger charge is 2.49. The van der Waals surface area contributed by atoms with E-state index in [-0.39, 0.29) is 17.3 Å². The van der Waals surface area contributed by atoms with Crippen molar-refractivity contribution in [3.05, 3.63) is 40.5 Å². The molecule has 3 aliphatic rings. The lowest BCUT2D eigenvalue weighted by Gasteiger charge is -2.41. The highest BCUT2D eigenvalue weighted by Crippen LogP contribution is 2.56. The highest BCUT2D eigenvalue weighted by molar-refractivity contribution is 5.98. The fourth-order valence-electron chi connectivity index (χ4n) is 4.58. The van der Waals surface area contributed by atoms with Gasteiger partial charge in [0, 0.05) is 11.8 Å². The normalized spacial score (nSPS) is 34.6. The maximum Gasteiger partial charge on any atom is 0.160 e. The Kier molecular flexibility index (Phi) is 2.50. The molecule has 0 aliphatic heterocycles. The molecule has 0 aromatic heterocycles. The number of hydrogen-bond donors (Lipinski definition) is 1. The van der Waals surface area contributed by atoms with Gasteiger partial charge < -0.3 is 5.11 Å². The number of benzene rings is 1. The third-order valence-corrected chi connectivity index (χ3v) is 5.86. The Morgan fingerprint density at radius 1 is 1.25 bits per heavy atom. The number of carbonyl (C=O) groups is 1. The number of aliphatic hydroxyl groups excluding tert-OH is 1. The van der Waals surface area contributed by atoms with Crippen LogP contribution in [-0.4, -0.2) is 17.0 Å². The van der Waals surface area contributed by atoms with Crippen LogP contribution in [0.2, 0.25) is 0 Å². The predicted octanol–water partition coefficient (Wildman–Crippen LogP) is 3.02. The van der Waals surface area contributed by atoms with Gasteiger partial charge in [0.15, 0.2) is 5.78 Å². The summed E-state index contributed by atoms with van der Waals surface area (Å²) < 4.78 is 0. The zero-order valence-corrected chi connectivity index (χ0v) is 11.9. The Labute approximate surface area is 119 Å². The Bertz CT molecular complexity index is 629. The monoisotopic (exact) mass is 268 g/mol. The minimum absolute atomic E-state index is 0.0510. The highest BCUT2D eigenvalue weighted by atomic mass is 16.3. The Hall–Kier alpha value is -1.41. The lowest BCUT2D eigenvalue weighted by atomic mass is 9.65. The van der Waals surface area contributed by atoms with Crippen LogP contribution in [0, 0.1) is 5.41 Å². The minimum atomic E-state index is -0.159. The summed E-state index contributed by atoms with van der Waals surface area (Å²) in [5.74, 6) is 0.687. The van der Waals surface area contributed by atoms with Gasteiger partial charge in [-0.05, 0) is 59.9 Å². The van der Waals surface area contributed by atoms with Gasteiger partial charge in [-0.25, -0.2) is 0 Å². The third kappa shape index (κ3) is 1.51. The molecule has 0 spiro atoms. The van der Waals surface area contributed by atoms with Crippen LogP contribution in [0.15, 0.2) is 18.2 Å². The summed E-state index contributed by atoms with van der Waals surface area (Å²) in [4.78, 5) is 11.6. The summed E-state index contributed by atoms with van der Waals surface area (Å²) in [6.45, 7) is 2.25. The first-order valence-electron chi connectivity index (χ1n) is 7.63. The van der Waals surface area contributed by atoms with Crippen molar-refractivity contribution in [2.45, 2.75) is 51.0 Å². The van der Waals surface area contributed by atoms with E-state index < -0.39 is 0 Å². The molecule has 104 valence electrons. The fraction of sp³-hybridized carbons (Fsp3) is 0.500. The molecule has 2 nitrogen and oxygen atoms in total. The molecule has 1 aromatic rings. The molecule has 1 aromatic carbocycles. The number of allylic oxidation sites excluding steroid dienone is 1. The van der Waals surface area contributed by atoms with Gasteiger partial charge in [0.25, 0.3) is 0 Å². The molecule has 3 aliphatic carbocycles. The second kappa shape index (κ2) is 4.05. The van der Waals surface area contributed by atoms with Crippen molar-refractivity contribution in [1.29, 1.82) is 0 Å². The largest absolute Gasteiger partial charge is 0.393 e. The van der Waals surface area contributed by atoms with Crippen LogP contribution >= 0.6 is 0 Å². The first kappa shape index (κ1) is 12.3.